The molecule has 1 saturated heterocycles. The van der Waals surface area contributed by atoms with Gasteiger partial charge in [0.1, 0.15) is 12.1 Å². The van der Waals surface area contributed by atoms with Crippen molar-refractivity contribution in [3.63, 3.8) is 0 Å². The van der Waals surface area contributed by atoms with E-state index in [1.807, 2.05) is 31.2 Å². The van der Waals surface area contributed by atoms with Crippen LogP contribution < -0.4 is 10.6 Å². The van der Waals surface area contributed by atoms with Gasteiger partial charge in [0.25, 0.3) is 5.91 Å². The van der Waals surface area contributed by atoms with E-state index in [-0.39, 0.29) is 29.8 Å². The predicted molar refractivity (Wildman–Crippen MR) is 115 cm³/mol. The number of carbonyl (C=O) groups is 3. The van der Waals surface area contributed by atoms with E-state index in [2.05, 4.69) is 47.3 Å². The lowest BCUT2D eigenvalue weighted by molar-refractivity contribution is -0.137. The fraction of sp³-hybridized carbons (Fsp3) is 0.591. The van der Waals surface area contributed by atoms with Crippen LogP contribution in [0.15, 0.2) is 28.7 Å². The fourth-order valence-corrected chi connectivity index (χ4v) is 5.41. The molecule has 6 nitrogen and oxygen atoms in total. The molecular weight excluding hydrogens is 434 g/mol. The van der Waals surface area contributed by atoms with Gasteiger partial charge in [-0.2, -0.15) is 0 Å². The molecule has 2 N–H and O–H groups in total. The normalized spacial score (nSPS) is 27.1. The third kappa shape index (κ3) is 4.65. The number of halogens is 1. The van der Waals surface area contributed by atoms with Gasteiger partial charge in [0.05, 0.1) is 6.04 Å². The van der Waals surface area contributed by atoms with Crippen LogP contribution >= 0.6 is 15.9 Å². The molecule has 3 atom stereocenters. The second-order valence-electron chi connectivity index (χ2n) is 9.34. The van der Waals surface area contributed by atoms with E-state index in [4.69, 9.17) is 0 Å². The van der Waals surface area contributed by atoms with Crippen molar-refractivity contribution in [3.8, 4) is 0 Å². The summed E-state index contributed by atoms with van der Waals surface area (Å²) in [6.45, 7) is 8.10. The van der Waals surface area contributed by atoms with Crippen molar-refractivity contribution in [2.24, 2.45) is 11.3 Å². The highest BCUT2D eigenvalue weighted by molar-refractivity contribution is 9.10. The molecule has 2 fully saturated rings. The maximum absolute atomic E-state index is 13.2. The summed E-state index contributed by atoms with van der Waals surface area (Å²) >= 11 is 3.41. The van der Waals surface area contributed by atoms with Crippen LogP contribution in [-0.4, -0.2) is 34.8 Å². The Morgan fingerprint density at radius 1 is 1.28 bits per heavy atom. The van der Waals surface area contributed by atoms with Crippen LogP contribution in [0.25, 0.3) is 0 Å². The Morgan fingerprint density at radius 2 is 1.93 bits per heavy atom. The summed E-state index contributed by atoms with van der Waals surface area (Å²) in [5.74, 6) is -0.268. The van der Waals surface area contributed by atoms with Gasteiger partial charge in [-0.15, -0.1) is 0 Å². The van der Waals surface area contributed by atoms with Crippen molar-refractivity contribution in [1.29, 1.82) is 0 Å². The zero-order valence-corrected chi connectivity index (χ0v) is 19.1. The van der Waals surface area contributed by atoms with Crippen molar-refractivity contribution in [2.75, 3.05) is 6.54 Å². The molecule has 1 aliphatic carbocycles. The van der Waals surface area contributed by atoms with Crippen LogP contribution in [0.3, 0.4) is 0 Å². The molecule has 0 radical (unpaired) electrons. The van der Waals surface area contributed by atoms with E-state index in [1.54, 1.807) is 0 Å². The molecule has 158 valence electrons. The highest BCUT2D eigenvalue weighted by Crippen LogP contribution is 2.46. The standard InChI is InChI=1S/C22H30BrN3O3/c1-5-17(15-6-8-16(23)9-7-15)24-18(27)12-26-19(28)22(25-20(26)29)11-14(2)10-21(3,4)13-22/h6-9,14,17H,5,10-13H2,1-4H3,(H,24,27)(H,25,29)/t14-,17-,22-/m0/s1. The Labute approximate surface area is 180 Å². The van der Waals surface area contributed by atoms with Crippen molar-refractivity contribution >= 4 is 33.8 Å². The first-order valence-corrected chi connectivity index (χ1v) is 11.0. The first-order chi connectivity index (χ1) is 13.5. The second kappa shape index (κ2) is 8.09. The highest BCUT2D eigenvalue weighted by Gasteiger charge is 2.56. The average molecular weight is 464 g/mol. The fourth-order valence-electron chi connectivity index (χ4n) is 5.15. The Balaban J connectivity index is 1.69. The third-order valence-corrected chi connectivity index (χ3v) is 6.47. The first kappa shape index (κ1) is 21.8. The second-order valence-corrected chi connectivity index (χ2v) is 10.3. The zero-order valence-electron chi connectivity index (χ0n) is 17.5. The van der Waals surface area contributed by atoms with Crippen LogP contribution in [0.4, 0.5) is 4.79 Å². The number of amides is 4. The minimum Gasteiger partial charge on any atom is -0.348 e. The van der Waals surface area contributed by atoms with Gasteiger partial charge in [-0.3, -0.25) is 14.5 Å². The van der Waals surface area contributed by atoms with Crippen LogP contribution in [0.2, 0.25) is 0 Å². The van der Waals surface area contributed by atoms with Gasteiger partial charge >= 0.3 is 6.03 Å². The van der Waals surface area contributed by atoms with E-state index in [1.165, 1.54) is 0 Å². The van der Waals surface area contributed by atoms with Gasteiger partial charge in [0.15, 0.2) is 0 Å². The van der Waals surface area contributed by atoms with Crippen molar-refractivity contribution in [3.05, 3.63) is 34.3 Å². The zero-order chi connectivity index (χ0) is 21.4. The first-order valence-electron chi connectivity index (χ1n) is 10.2. The number of carbonyl (C=O) groups excluding carboxylic acids is 3. The summed E-state index contributed by atoms with van der Waals surface area (Å²) in [6, 6.07) is 7.12. The Bertz CT molecular complexity index is 808. The maximum atomic E-state index is 13.2. The lowest BCUT2D eigenvalue weighted by Gasteiger charge is -2.43. The van der Waals surface area contributed by atoms with E-state index < -0.39 is 11.6 Å². The number of imide groups is 1. The van der Waals surface area contributed by atoms with Gasteiger partial charge in [-0.25, -0.2) is 4.79 Å². The minimum absolute atomic E-state index is 0.0340. The topological polar surface area (TPSA) is 78.5 Å². The smallest absolute Gasteiger partial charge is 0.325 e. The van der Waals surface area contributed by atoms with Crippen LogP contribution in [0.1, 0.15) is 65.0 Å². The minimum atomic E-state index is -0.881. The third-order valence-electron chi connectivity index (χ3n) is 5.94. The molecule has 2 aliphatic rings. The summed E-state index contributed by atoms with van der Waals surface area (Å²) in [5, 5.41) is 5.88. The molecule has 0 unspecified atom stereocenters. The number of benzene rings is 1. The Morgan fingerprint density at radius 3 is 2.52 bits per heavy atom. The van der Waals surface area contributed by atoms with Gasteiger partial charge in [0.2, 0.25) is 5.91 Å². The molecule has 29 heavy (non-hydrogen) atoms. The van der Waals surface area contributed by atoms with E-state index in [0.29, 0.717) is 25.2 Å². The number of nitrogens with one attached hydrogen (secondary N) is 2. The molecule has 7 heteroatoms. The van der Waals surface area contributed by atoms with Crippen LogP contribution in [0, 0.1) is 11.3 Å². The highest BCUT2D eigenvalue weighted by atomic mass is 79.9. The molecule has 1 spiro atoms. The summed E-state index contributed by atoms with van der Waals surface area (Å²) in [5.41, 5.74) is 0.0721. The Kier molecular flexibility index (Phi) is 6.08. The van der Waals surface area contributed by atoms with E-state index in [0.717, 1.165) is 21.4 Å². The van der Waals surface area contributed by atoms with Gasteiger partial charge in [-0.1, -0.05) is 55.8 Å². The average Bonchev–Trinajstić information content (AvgIpc) is 2.82. The van der Waals surface area contributed by atoms with Gasteiger partial charge in [-0.05, 0) is 54.7 Å². The maximum Gasteiger partial charge on any atom is 0.325 e. The van der Waals surface area contributed by atoms with Gasteiger partial charge < -0.3 is 10.6 Å². The number of urea groups is 1. The number of rotatable bonds is 5. The molecule has 1 aliphatic heterocycles. The van der Waals surface area contributed by atoms with Crippen molar-refractivity contribution in [1.82, 2.24) is 15.5 Å². The molecule has 0 bridgehead atoms. The molecule has 1 heterocycles. The monoisotopic (exact) mass is 463 g/mol. The molecule has 1 aromatic carbocycles. The molecule has 1 aromatic rings. The number of nitrogens with zero attached hydrogens (tertiary/aromatic N) is 1. The summed E-state index contributed by atoms with van der Waals surface area (Å²) in [4.78, 5) is 39.5. The molecular formula is C22H30BrN3O3. The molecule has 0 aromatic heterocycles. The SMILES string of the molecule is CC[C@H](NC(=O)CN1C(=O)N[C@]2(C[C@@H](C)CC(C)(C)C2)C1=O)c1ccc(Br)cc1. The van der Waals surface area contributed by atoms with E-state index in [9.17, 15) is 14.4 Å². The van der Waals surface area contributed by atoms with Crippen LogP contribution in [-0.2, 0) is 9.59 Å². The van der Waals surface area contributed by atoms with Gasteiger partial charge in [0, 0.05) is 4.47 Å². The van der Waals surface area contributed by atoms with Crippen molar-refractivity contribution < 1.29 is 14.4 Å². The summed E-state index contributed by atoms with van der Waals surface area (Å²) in [6.07, 6.45) is 2.95. The molecule has 3 rings (SSSR count). The number of hydrogen-bond donors (Lipinski definition) is 2. The predicted octanol–water partition coefficient (Wildman–Crippen LogP) is 4.15. The quantitative estimate of drug-likeness (QED) is 0.643. The van der Waals surface area contributed by atoms with Crippen molar-refractivity contribution in [2.45, 2.75) is 65.0 Å². The van der Waals surface area contributed by atoms with Crippen LogP contribution in [0.5, 0.6) is 0 Å². The summed E-state index contributed by atoms with van der Waals surface area (Å²) < 4.78 is 0.969. The molecule has 1 saturated carbocycles. The summed E-state index contributed by atoms with van der Waals surface area (Å²) in [7, 11) is 0. The van der Waals surface area contributed by atoms with E-state index >= 15 is 0 Å². The largest absolute Gasteiger partial charge is 0.348 e. The Hall–Kier alpha value is -1.89. The lowest BCUT2D eigenvalue weighted by Crippen LogP contribution is -2.54. The number of hydrogen-bond acceptors (Lipinski definition) is 3. The molecule has 4 amide bonds. The lowest BCUT2D eigenvalue weighted by atomic mass is 9.64.